The molecule has 0 spiro atoms. The van der Waals surface area contributed by atoms with Crippen LogP contribution in [0.25, 0.3) is 0 Å². The predicted molar refractivity (Wildman–Crippen MR) is 92.0 cm³/mol. The quantitative estimate of drug-likeness (QED) is 0.765. The molecule has 25 heavy (non-hydrogen) atoms. The van der Waals surface area contributed by atoms with E-state index in [0.717, 1.165) is 36.7 Å². The molecule has 8 heteroatoms. The Balaban J connectivity index is 1.55. The van der Waals surface area contributed by atoms with E-state index < -0.39 is 6.10 Å². The van der Waals surface area contributed by atoms with Gasteiger partial charge in [0.2, 0.25) is 5.95 Å². The van der Waals surface area contributed by atoms with Crippen molar-refractivity contribution in [1.82, 2.24) is 29.3 Å². The van der Waals surface area contributed by atoms with Gasteiger partial charge >= 0.3 is 0 Å². The van der Waals surface area contributed by atoms with E-state index in [1.165, 1.54) is 0 Å². The molecule has 1 unspecified atom stereocenters. The van der Waals surface area contributed by atoms with E-state index >= 15 is 0 Å². The van der Waals surface area contributed by atoms with E-state index in [9.17, 15) is 5.11 Å². The Kier molecular flexibility index (Phi) is 3.96. The molecule has 4 heterocycles. The summed E-state index contributed by atoms with van der Waals surface area (Å²) in [4.78, 5) is 15.3. The summed E-state index contributed by atoms with van der Waals surface area (Å²) in [7, 11) is 1.86. The van der Waals surface area contributed by atoms with E-state index in [-0.39, 0.29) is 0 Å². The number of aromatic nitrogens is 6. The number of aliphatic hydroxyl groups is 1. The van der Waals surface area contributed by atoms with Gasteiger partial charge in [0.1, 0.15) is 5.82 Å². The molecular formula is C17H21N7O. The molecule has 0 amide bonds. The summed E-state index contributed by atoms with van der Waals surface area (Å²) in [6, 6.07) is 1.94. The molecular weight excluding hydrogens is 318 g/mol. The summed E-state index contributed by atoms with van der Waals surface area (Å²) in [5.74, 6) is 1.32. The summed E-state index contributed by atoms with van der Waals surface area (Å²) in [6.07, 6.45) is 7.35. The van der Waals surface area contributed by atoms with Crippen LogP contribution in [0.15, 0.2) is 30.9 Å². The lowest BCUT2D eigenvalue weighted by molar-refractivity contribution is 0.200. The maximum absolute atomic E-state index is 10.6. The van der Waals surface area contributed by atoms with Crippen LogP contribution in [0.3, 0.4) is 0 Å². The first kappa shape index (κ1) is 15.8. The molecule has 1 atom stereocenters. The van der Waals surface area contributed by atoms with Gasteiger partial charge in [0.25, 0.3) is 0 Å². The third-order valence-corrected chi connectivity index (χ3v) is 4.58. The topological polar surface area (TPSA) is 84.9 Å². The van der Waals surface area contributed by atoms with Crippen molar-refractivity contribution >= 4 is 5.95 Å². The van der Waals surface area contributed by atoms with Gasteiger partial charge in [-0.15, -0.1) is 0 Å². The summed E-state index contributed by atoms with van der Waals surface area (Å²) in [6.45, 7) is 4.29. The highest BCUT2D eigenvalue weighted by molar-refractivity contribution is 5.33. The lowest BCUT2D eigenvalue weighted by Crippen LogP contribution is -2.34. The first-order valence-electron chi connectivity index (χ1n) is 8.43. The van der Waals surface area contributed by atoms with Crippen LogP contribution in [0.1, 0.15) is 35.8 Å². The van der Waals surface area contributed by atoms with Crippen molar-refractivity contribution in [2.24, 2.45) is 7.05 Å². The molecule has 0 saturated carbocycles. The van der Waals surface area contributed by atoms with E-state index in [4.69, 9.17) is 0 Å². The smallest absolute Gasteiger partial charge is 0.225 e. The molecule has 1 aliphatic heterocycles. The van der Waals surface area contributed by atoms with Crippen molar-refractivity contribution in [3.63, 3.8) is 0 Å². The minimum absolute atomic E-state index is 0.589. The van der Waals surface area contributed by atoms with Crippen molar-refractivity contribution < 1.29 is 5.11 Å². The maximum atomic E-state index is 10.6. The first-order chi connectivity index (χ1) is 12.2. The maximum Gasteiger partial charge on any atom is 0.225 e. The lowest BCUT2D eigenvalue weighted by atomic mass is 10.2. The van der Waals surface area contributed by atoms with Crippen LogP contribution in [-0.2, 0) is 26.6 Å². The van der Waals surface area contributed by atoms with Crippen molar-refractivity contribution in [3.05, 3.63) is 53.6 Å². The number of aryl methyl sites for hydroxylation is 2. The number of hydrogen-bond acceptors (Lipinski definition) is 6. The van der Waals surface area contributed by atoms with Gasteiger partial charge in [0.05, 0.1) is 24.5 Å². The highest BCUT2D eigenvalue weighted by Gasteiger charge is 2.24. The third-order valence-electron chi connectivity index (χ3n) is 4.58. The van der Waals surface area contributed by atoms with Crippen LogP contribution in [0.5, 0.6) is 0 Å². The minimum atomic E-state index is -0.827. The molecule has 0 saturated heterocycles. The average Bonchev–Trinajstić information content (AvgIpc) is 3.26. The summed E-state index contributed by atoms with van der Waals surface area (Å²) >= 11 is 0. The van der Waals surface area contributed by atoms with Gasteiger partial charge in [0, 0.05) is 38.4 Å². The molecule has 0 aromatic carbocycles. The Morgan fingerprint density at radius 1 is 1.20 bits per heavy atom. The monoisotopic (exact) mass is 339 g/mol. The largest absolute Gasteiger partial charge is 0.379 e. The lowest BCUT2D eigenvalue weighted by Gasteiger charge is -2.27. The molecule has 0 fully saturated rings. The molecule has 3 aromatic rings. The first-order valence-corrected chi connectivity index (χ1v) is 8.43. The fourth-order valence-corrected chi connectivity index (χ4v) is 3.06. The fourth-order valence-electron chi connectivity index (χ4n) is 3.06. The summed E-state index contributed by atoms with van der Waals surface area (Å²) < 4.78 is 3.75. The Labute approximate surface area is 145 Å². The van der Waals surface area contributed by atoms with Gasteiger partial charge in [-0.3, -0.25) is 4.68 Å². The van der Waals surface area contributed by atoms with Crippen LogP contribution in [0.2, 0.25) is 0 Å². The highest BCUT2D eigenvalue weighted by atomic mass is 16.3. The second-order valence-corrected chi connectivity index (χ2v) is 6.25. The van der Waals surface area contributed by atoms with Crippen molar-refractivity contribution in [1.29, 1.82) is 0 Å². The number of nitrogens with zero attached hydrogens (tertiary/aromatic N) is 7. The second-order valence-electron chi connectivity index (χ2n) is 6.25. The molecule has 0 radical (unpaired) electrons. The van der Waals surface area contributed by atoms with E-state index in [1.807, 2.05) is 36.4 Å². The number of anilines is 1. The minimum Gasteiger partial charge on any atom is -0.379 e. The van der Waals surface area contributed by atoms with Crippen LogP contribution >= 0.6 is 0 Å². The van der Waals surface area contributed by atoms with Gasteiger partial charge in [-0.05, 0) is 18.1 Å². The summed E-state index contributed by atoms with van der Waals surface area (Å²) in [5.41, 5.74) is 2.79. The van der Waals surface area contributed by atoms with E-state index in [2.05, 4.69) is 31.9 Å². The molecule has 0 aliphatic carbocycles. The molecule has 8 nitrogen and oxygen atoms in total. The molecule has 0 bridgehead atoms. The second kappa shape index (κ2) is 6.29. The number of fused-ring (bicyclic) bond motifs is 1. The van der Waals surface area contributed by atoms with Crippen molar-refractivity contribution in [3.8, 4) is 0 Å². The van der Waals surface area contributed by atoms with Gasteiger partial charge in [-0.1, -0.05) is 6.92 Å². The molecule has 3 aromatic heterocycles. The standard InChI is InChI=1S/C17H21N7O/c1-3-12-9-19-17(20-10-12)23-6-7-24-13(11-23)8-14(21-24)15(25)16-18-4-5-22(16)2/h4-5,8-10,15,25H,3,6-7,11H2,1-2H3. The van der Waals surface area contributed by atoms with Gasteiger partial charge in [0.15, 0.2) is 6.10 Å². The molecule has 1 N–H and O–H groups in total. The number of imidazole rings is 1. The van der Waals surface area contributed by atoms with E-state index in [1.54, 1.807) is 10.8 Å². The average molecular weight is 339 g/mol. The van der Waals surface area contributed by atoms with Crippen LogP contribution in [0.4, 0.5) is 5.95 Å². The molecule has 1 aliphatic rings. The van der Waals surface area contributed by atoms with Crippen molar-refractivity contribution in [2.45, 2.75) is 32.5 Å². The normalized spacial score (nSPS) is 15.2. The van der Waals surface area contributed by atoms with Crippen LogP contribution < -0.4 is 4.90 Å². The molecule has 4 rings (SSSR count). The van der Waals surface area contributed by atoms with Crippen LogP contribution in [-0.4, -0.2) is 41.0 Å². The Hall–Kier alpha value is -2.74. The van der Waals surface area contributed by atoms with Gasteiger partial charge < -0.3 is 14.6 Å². The van der Waals surface area contributed by atoms with E-state index in [0.29, 0.717) is 18.1 Å². The highest BCUT2D eigenvalue weighted by Crippen LogP contribution is 2.23. The Morgan fingerprint density at radius 3 is 2.68 bits per heavy atom. The number of aliphatic hydroxyl groups excluding tert-OH is 1. The SMILES string of the molecule is CCc1cnc(N2CCn3nc(C(O)c4nccn4C)cc3C2)nc1. The zero-order valence-electron chi connectivity index (χ0n) is 14.4. The summed E-state index contributed by atoms with van der Waals surface area (Å²) in [5, 5.41) is 15.1. The van der Waals surface area contributed by atoms with Gasteiger partial charge in [-0.2, -0.15) is 5.10 Å². The Morgan fingerprint density at radius 2 is 2.00 bits per heavy atom. The zero-order valence-corrected chi connectivity index (χ0v) is 14.4. The third kappa shape index (κ3) is 2.89. The number of rotatable bonds is 4. The molecule has 130 valence electrons. The predicted octanol–water partition coefficient (Wildman–Crippen LogP) is 1.07. The van der Waals surface area contributed by atoms with Crippen LogP contribution in [0, 0.1) is 0 Å². The Bertz CT molecular complexity index is 868. The van der Waals surface area contributed by atoms with Crippen molar-refractivity contribution in [2.75, 3.05) is 11.4 Å². The van der Waals surface area contributed by atoms with Gasteiger partial charge in [-0.25, -0.2) is 15.0 Å². The number of hydrogen-bond donors (Lipinski definition) is 1. The zero-order chi connectivity index (χ0) is 17.4. The fraction of sp³-hybridized carbons (Fsp3) is 0.412.